The summed E-state index contributed by atoms with van der Waals surface area (Å²) in [4.78, 5) is 0. The number of ether oxygens (including phenoxy) is 1. The summed E-state index contributed by atoms with van der Waals surface area (Å²) in [7, 11) is 1.62. The Balaban J connectivity index is 2.08. The summed E-state index contributed by atoms with van der Waals surface area (Å²) in [6.07, 6.45) is 1.80. The van der Waals surface area contributed by atoms with Gasteiger partial charge in [0, 0.05) is 7.11 Å². The van der Waals surface area contributed by atoms with Crippen molar-refractivity contribution in [1.82, 2.24) is 5.32 Å². The van der Waals surface area contributed by atoms with Gasteiger partial charge in [-0.15, -0.1) is 0 Å². The number of aliphatic hydroxyl groups excluding tert-OH is 1. The average Bonchev–Trinajstić information content (AvgIpc) is 2.40. The quantitative estimate of drug-likeness (QED) is 0.606. The molecule has 2 N–H and O–H groups in total. The Morgan fingerprint density at radius 1 is 1.73 bits per heavy atom. The maximum Gasteiger partial charge on any atom is 0.0776 e. The molecule has 0 aromatic carbocycles. The van der Waals surface area contributed by atoms with Gasteiger partial charge < -0.3 is 15.2 Å². The van der Waals surface area contributed by atoms with Crippen LogP contribution in [0.2, 0.25) is 0 Å². The highest BCUT2D eigenvalue weighted by Crippen LogP contribution is 2.14. The van der Waals surface area contributed by atoms with Crippen LogP contribution in [0.15, 0.2) is 0 Å². The van der Waals surface area contributed by atoms with Crippen molar-refractivity contribution in [2.24, 2.45) is 5.92 Å². The van der Waals surface area contributed by atoms with Crippen LogP contribution in [0.3, 0.4) is 0 Å². The van der Waals surface area contributed by atoms with Gasteiger partial charge in [-0.3, -0.25) is 0 Å². The molecule has 1 heterocycles. The van der Waals surface area contributed by atoms with Crippen molar-refractivity contribution in [3.05, 3.63) is 0 Å². The largest absolute Gasteiger partial charge is 0.391 e. The summed E-state index contributed by atoms with van der Waals surface area (Å²) in [6.45, 7) is 2.63. The predicted octanol–water partition coefficient (Wildman–Crippen LogP) is -0.00670. The molecule has 3 nitrogen and oxygen atoms in total. The van der Waals surface area contributed by atoms with E-state index >= 15 is 0 Å². The van der Waals surface area contributed by atoms with E-state index in [-0.39, 0.29) is 6.10 Å². The van der Waals surface area contributed by atoms with E-state index in [4.69, 9.17) is 4.74 Å². The first kappa shape index (κ1) is 8.97. The second-order valence-electron chi connectivity index (χ2n) is 3.20. The third-order valence-corrected chi connectivity index (χ3v) is 2.13. The Morgan fingerprint density at radius 2 is 2.55 bits per heavy atom. The summed E-state index contributed by atoms with van der Waals surface area (Å²) in [6, 6.07) is 0. The van der Waals surface area contributed by atoms with Gasteiger partial charge in [-0.25, -0.2) is 0 Å². The van der Waals surface area contributed by atoms with E-state index in [1.54, 1.807) is 7.11 Å². The first-order chi connectivity index (χ1) is 5.33. The van der Waals surface area contributed by atoms with E-state index in [2.05, 4.69) is 5.32 Å². The van der Waals surface area contributed by atoms with Crippen molar-refractivity contribution in [3.63, 3.8) is 0 Å². The van der Waals surface area contributed by atoms with Gasteiger partial charge in [-0.2, -0.15) is 0 Å². The van der Waals surface area contributed by atoms with Crippen LogP contribution in [0.4, 0.5) is 0 Å². The molecule has 0 bridgehead atoms. The third-order valence-electron chi connectivity index (χ3n) is 2.13. The normalized spacial score (nSPS) is 27.3. The zero-order valence-corrected chi connectivity index (χ0v) is 7.05. The van der Waals surface area contributed by atoms with Crippen LogP contribution < -0.4 is 5.32 Å². The molecule has 1 rings (SSSR count). The number of hydrogen-bond donors (Lipinski definition) is 2. The summed E-state index contributed by atoms with van der Waals surface area (Å²) in [5, 5.41) is 12.6. The highest BCUT2D eigenvalue weighted by Gasteiger charge is 2.17. The SMILES string of the molecule is COCC(O)CC1CCNC1. The van der Waals surface area contributed by atoms with Gasteiger partial charge in [-0.1, -0.05) is 0 Å². The fourth-order valence-corrected chi connectivity index (χ4v) is 1.56. The lowest BCUT2D eigenvalue weighted by molar-refractivity contribution is 0.0500. The van der Waals surface area contributed by atoms with Gasteiger partial charge in [0.15, 0.2) is 0 Å². The van der Waals surface area contributed by atoms with Gasteiger partial charge in [0.25, 0.3) is 0 Å². The summed E-state index contributed by atoms with van der Waals surface area (Å²) >= 11 is 0. The van der Waals surface area contributed by atoms with Gasteiger partial charge in [0.1, 0.15) is 0 Å². The maximum atomic E-state index is 9.36. The van der Waals surface area contributed by atoms with E-state index in [1.165, 1.54) is 6.42 Å². The third kappa shape index (κ3) is 3.18. The second kappa shape index (κ2) is 4.70. The summed E-state index contributed by atoms with van der Waals surface area (Å²) in [5.74, 6) is 0.653. The maximum absolute atomic E-state index is 9.36. The molecule has 0 saturated carbocycles. The lowest BCUT2D eigenvalue weighted by atomic mass is 10.0. The molecular weight excluding hydrogens is 142 g/mol. The monoisotopic (exact) mass is 159 g/mol. The Bertz CT molecular complexity index is 102. The molecule has 11 heavy (non-hydrogen) atoms. The molecule has 0 spiro atoms. The summed E-state index contributed by atoms with van der Waals surface area (Å²) in [5.41, 5.74) is 0. The number of nitrogens with one attached hydrogen (secondary N) is 1. The molecule has 3 heteroatoms. The number of methoxy groups -OCH3 is 1. The molecule has 1 aliphatic rings. The lowest BCUT2D eigenvalue weighted by Gasteiger charge is -2.13. The Morgan fingerprint density at radius 3 is 3.09 bits per heavy atom. The highest BCUT2D eigenvalue weighted by atomic mass is 16.5. The molecule has 2 atom stereocenters. The van der Waals surface area contributed by atoms with Gasteiger partial charge in [-0.05, 0) is 31.8 Å². The van der Waals surface area contributed by atoms with Crippen LogP contribution in [-0.2, 0) is 4.74 Å². The number of hydrogen-bond acceptors (Lipinski definition) is 3. The van der Waals surface area contributed by atoms with Gasteiger partial charge in [0.05, 0.1) is 12.7 Å². The predicted molar refractivity (Wildman–Crippen MR) is 43.5 cm³/mol. The van der Waals surface area contributed by atoms with Crippen molar-refractivity contribution in [2.45, 2.75) is 18.9 Å². The van der Waals surface area contributed by atoms with Gasteiger partial charge >= 0.3 is 0 Å². The van der Waals surface area contributed by atoms with Crippen LogP contribution in [0.1, 0.15) is 12.8 Å². The molecule has 1 aliphatic heterocycles. The van der Waals surface area contributed by atoms with Crippen LogP contribution in [0.25, 0.3) is 0 Å². The molecule has 2 unspecified atom stereocenters. The highest BCUT2D eigenvalue weighted by molar-refractivity contribution is 4.73. The zero-order valence-electron chi connectivity index (χ0n) is 7.05. The van der Waals surface area contributed by atoms with Crippen molar-refractivity contribution in [1.29, 1.82) is 0 Å². The number of aliphatic hydroxyl groups is 1. The minimum absolute atomic E-state index is 0.273. The fraction of sp³-hybridized carbons (Fsp3) is 1.00. The van der Waals surface area contributed by atoms with Crippen LogP contribution in [0.5, 0.6) is 0 Å². The smallest absolute Gasteiger partial charge is 0.0776 e. The summed E-state index contributed by atoms with van der Waals surface area (Å²) < 4.78 is 4.84. The van der Waals surface area contributed by atoms with Crippen LogP contribution in [-0.4, -0.2) is 38.0 Å². The van der Waals surface area contributed by atoms with Crippen LogP contribution in [0, 0.1) is 5.92 Å². The zero-order chi connectivity index (χ0) is 8.10. The molecule has 66 valence electrons. The van der Waals surface area contributed by atoms with E-state index in [9.17, 15) is 5.11 Å². The fourth-order valence-electron chi connectivity index (χ4n) is 1.56. The minimum atomic E-state index is -0.273. The molecule has 0 aromatic rings. The Kier molecular flexibility index (Phi) is 3.83. The van der Waals surface area contributed by atoms with Gasteiger partial charge in [0.2, 0.25) is 0 Å². The molecule has 1 saturated heterocycles. The second-order valence-corrected chi connectivity index (χ2v) is 3.20. The Labute approximate surface area is 67.7 Å². The van der Waals surface area contributed by atoms with Crippen molar-refractivity contribution < 1.29 is 9.84 Å². The molecule has 1 fully saturated rings. The first-order valence-electron chi connectivity index (χ1n) is 4.20. The molecule has 0 radical (unpaired) electrons. The Hall–Kier alpha value is -0.120. The molecular formula is C8H17NO2. The topological polar surface area (TPSA) is 41.5 Å². The van der Waals surface area contributed by atoms with E-state index in [1.807, 2.05) is 0 Å². The molecule has 0 aliphatic carbocycles. The van der Waals surface area contributed by atoms with E-state index < -0.39 is 0 Å². The minimum Gasteiger partial charge on any atom is -0.391 e. The average molecular weight is 159 g/mol. The standard InChI is InChI=1S/C8H17NO2/c1-11-6-8(10)4-7-2-3-9-5-7/h7-10H,2-6H2,1H3. The molecule has 0 amide bonds. The van der Waals surface area contributed by atoms with E-state index in [0.29, 0.717) is 12.5 Å². The lowest BCUT2D eigenvalue weighted by Crippen LogP contribution is -2.20. The van der Waals surface area contributed by atoms with Crippen molar-refractivity contribution >= 4 is 0 Å². The van der Waals surface area contributed by atoms with Crippen molar-refractivity contribution in [2.75, 3.05) is 26.8 Å². The van der Waals surface area contributed by atoms with Crippen LogP contribution >= 0.6 is 0 Å². The first-order valence-corrected chi connectivity index (χ1v) is 4.20. The van der Waals surface area contributed by atoms with Crippen molar-refractivity contribution in [3.8, 4) is 0 Å². The van der Waals surface area contributed by atoms with E-state index in [0.717, 1.165) is 19.5 Å². The molecule has 0 aromatic heterocycles. The number of rotatable bonds is 4.